The number of amides is 2. The molecule has 132 valence electrons. The number of rotatable bonds is 5. The smallest absolute Gasteiger partial charge is 0.317 e. The number of likely N-dealkylation sites (tertiary alicyclic amines) is 1. The number of nitrogens with one attached hydrogen (secondary N) is 1. The maximum Gasteiger partial charge on any atom is 0.317 e. The largest absolute Gasteiger partial charge is 0.339 e. The van der Waals surface area contributed by atoms with Gasteiger partial charge >= 0.3 is 6.03 Å². The quantitative estimate of drug-likeness (QED) is 0.908. The Morgan fingerprint density at radius 3 is 2.92 bits per heavy atom. The first-order valence-electron chi connectivity index (χ1n) is 8.67. The summed E-state index contributed by atoms with van der Waals surface area (Å²) in [6.45, 7) is 7.81. The zero-order valence-electron chi connectivity index (χ0n) is 14.6. The number of aryl methyl sites for hydroxylation is 1. The summed E-state index contributed by atoms with van der Waals surface area (Å²) in [4.78, 5) is 18.6. The Balaban J connectivity index is 1.49. The first kappa shape index (κ1) is 17.2. The number of hydrogen-bond donors (Lipinski definition) is 1. The van der Waals surface area contributed by atoms with E-state index in [2.05, 4.69) is 22.0 Å². The van der Waals surface area contributed by atoms with Gasteiger partial charge in [0.2, 0.25) is 5.89 Å². The van der Waals surface area contributed by atoms with E-state index in [-0.39, 0.29) is 6.03 Å². The molecule has 0 aliphatic carbocycles. The van der Waals surface area contributed by atoms with Gasteiger partial charge in [0, 0.05) is 26.1 Å². The van der Waals surface area contributed by atoms with E-state index in [4.69, 9.17) is 4.52 Å². The molecule has 1 unspecified atom stereocenters. The molecule has 6 nitrogen and oxygen atoms in total. The molecule has 1 aromatic heterocycles. The van der Waals surface area contributed by atoms with Gasteiger partial charge in [-0.25, -0.2) is 4.79 Å². The molecule has 2 heterocycles. The minimum absolute atomic E-state index is 0.0384. The SMILES string of the molecule is C=C(CNC(=O)N1CCCC(Cc2nc(C)no2)C1)c1ccccc1. The van der Waals surface area contributed by atoms with Crippen LogP contribution in [0.4, 0.5) is 4.79 Å². The standard InChI is InChI=1S/C19H24N4O2/c1-14(17-8-4-3-5-9-17)12-20-19(24)23-10-6-7-16(13-23)11-18-21-15(2)22-25-18/h3-5,8-9,16H,1,6-7,10-13H2,2H3,(H,20,24). The molecule has 1 aliphatic heterocycles. The molecule has 3 rings (SSSR count). The van der Waals surface area contributed by atoms with Gasteiger partial charge in [-0.1, -0.05) is 42.1 Å². The number of benzene rings is 1. The highest BCUT2D eigenvalue weighted by molar-refractivity contribution is 5.77. The van der Waals surface area contributed by atoms with Crippen LogP contribution in [0.5, 0.6) is 0 Å². The van der Waals surface area contributed by atoms with Crippen molar-refractivity contribution in [2.24, 2.45) is 5.92 Å². The second-order valence-electron chi connectivity index (χ2n) is 6.52. The molecule has 1 N–H and O–H groups in total. The number of carbonyl (C=O) groups excluding carboxylic acids is 1. The van der Waals surface area contributed by atoms with Crippen LogP contribution in [-0.2, 0) is 6.42 Å². The third-order valence-corrected chi connectivity index (χ3v) is 4.47. The second-order valence-corrected chi connectivity index (χ2v) is 6.52. The van der Waals surface area contributed by atoms with Crippen LogP contribution in [0.15, 0.2) is 41.4 Å². The summed E-state index contributed by atoms with van der Waals surface area (Å²) in [6.07, 6.45) is 2.79. The molecule has 1 saturated heterocycles. The van der Waals surface area contributed by atoms with Gasteiger partial charge in [-0.2, -0.15) is 4.98 Å². The molecule has 1 aromatic carbocycles. The lowest BCUT2D eigenvalue weighted by Crippen LogP contribution is -2.46. The van der Waals surface area contributed by atoms with Crippen LogP contribution in [0.25, 0.3) is 5.57 Å². The Morgan fingerprint density at radius 1 is 1.40 bits per heavy atom. The lowest BCUT2D eigenvalue weighted by Gasteiger charge is -2.32. The first-order chi connectivity index (χ1) is 12.1. The zero-order chi connectivity index (χ0) is 17.6. The van der Waals surface area contributed by atoms with E-state index >= 15 is 0 Å². The van der Waals surface area contributed by atoms with Crippen molar-refractivity contribution in [1.82, 2.24) is 20.4 Å². The molecule has 2 amide bonds. The number of aromatic nitrogens is 2. The van der Waals surface area contributed by atoms with Crippen molar-refractivity contribution in [1.29, 1.82) is 0 Å². The summed E-state index contributed by atoms with van der Waals surface area (Å²) in [7, 11) is 0. The van der Waals surface area contributed by atoms with Crippen LogP contribution >= 0.6 is 0 Å². The molecule has 6 heteroatoms. The van der Waals surface area contributed by atoms with Gasteiger partial charge in [0.25, 0.3) is 0 Å². The van der Waals surface area contributed by atoms with E-state index in [1.54, 1.807) is 0 Å². The van der Waals surface area contributed by atoms with Gasteiger partial charge in [0.15, 0.2) is 5.82 Å². The molecular formula is C19H24N4O2. The van der Waals surface area contributed by atoms with Gasteiger partial charge in [-0.15, -0.1) is 0 Å². The normalized spacial score (nSPS) is 17.3. The third kappa shape index (κ3) is 4.68. The van der Waals surface area contributed by atoms with E-state index in [9.17, 15) is 4.79 Å². The minimum atomic E-state index is -0.0384. The van der Waals surface area contributed by atoms with Crippen LogP contribution < -0.4 is 5.32 Å². The Kier molecular flexibility index (Phi) is 5.48. The maximum atomic E-state index is 12.5. The zero-order valence-corrected chi connectivity index (χ0v) is 14.6. The second kappa shape index (κ2) is 7.96. The molecule has 0 bridgehead atoms. The molecule has 0 saturated carbocycles. The van der Waals surface area contributed by atoms with Gasteiger partial charge < -0.3 is 14.7 Å². The number of carbonyl (C=O) groups is 1. The summed E-state index contributed by atoms with van der Waals surface area (Å²) in [6, 6.07) is 9.86. The topological polar surface area (TPSA) is 71.3 Å². The Labute approximate surface area is 147 Å². The summed E-state index contributed by atoms with van der Waals surface area (Å²) >= 11 is 0. The van der Waals surface area contributed by atoms with E-state index < -0.39 is 0 Å². The van der Waals surface area contributed by atoms with Crippen molar-refractivity contribution in [2.75, 3.05) is 19.6 Å². The van der Waals surface area contributed by atoms with Gasteiger partial charge in [0.1, 0.15) is 0 Å². The van der Waals surface area contributed by atoms with Crippen molar-refractivity contribution < 1.29 is 9.32 Å². The van der Waals surface area contributed by atoms with E-state index in [0.717, 1.165) is 36.9 Å². The van der Waals surface area contributed by atoms with E-state index in [0.29, 0.717) is 30.7 Å². The first-order valence-corrected chi connectivity index (χ1v) is 8.67. The molecule has 2 aromatic rings. The average Bonchev–Trinajstić information content (AvgIpc) is 3.05. The fourth-order valence-electron chi connectivity index (χ4n) is 3.16. The van der Waals surface area contributed by atoms with Gasteiger partial charge in [-0.05, 0) is 36.8 Å². The summed E-state index contributed by atoms with van der Waals surface area (Å²) in [5.74, 6) is 1.67. The number of urea groups is 1. The van der Waals surface area contributed by atoms with Crippen molar-refractivity contribution in [3.8, 4) is 0 Å². The molecule has 0 spiro atoms. The average molecular weight is 340 g/mol. The van der Waals surface area contributed by atoms with Crippen LogP contribution in [0.1, 0.15) is 30.1 Å². The molecular weight excluding hydrogens is 316 g/mol. The Hall–Kier alpha value is -2.63. The van der Waals surface area contributed by atoms with Gasteiger partial charge in [0.05, 0.1) is 0 Å². The van der Waals surface area contributed by atoms with Crippen molar-refractivity contribution in [3.63, 3.8) is 0 Å². The van der Waals surface area contributed by atoms with E-state index in [1.165, 1.54) is 0 Å². The predicted molar refractivity (Wildman–Crippen MR) is 95.9 cm³/mol. The summed E-state index contributed by atoms with van der Waals surface area (Å²) in [5.41, 5.74) is 1.95. The summed E-state index contributed by atoms with van der Waals surface area (Å²) in [5, 5.41) is 6.80. The maximum absolute atomic E-state index is 12.5. The number of piperidine rings is 1. The highest BCUT2D eigenvalue weighted by atomic mass is 16.5. The fraction of sp³-hybridized carbons (Fsp3) is 0.421. The summed E-state index contributed by atoms with van der Waals surface area (Å²) < 4.78 is 5.20. The van der Waals surface area contributed by atoms with Crippen molar-refractivity contribution >= 4 is 11.6 Å². The Morgan fingerprint density at radius 2 is 2.20 bits per heavy atom. The number of hydrogen-bond acceptors (Lipinski definition) is 4. The lowest BCUT2D eigenvalue weighted by molar-refractivity contribution is 0.162. The highest BCUT2D eigenvalue weighted by Gasteiger charge is 2.25. The predicted octanol–water partition coefficient (Wildman–Crippen LogP) is 3.06. The third-order valence-electron chi connectivity index (χ3n) is 4.47. The number of nitrogens with zero attached hydrogens (tertiary/aromatic N) is 3. The molecule has 1 aliphatic rings. The van der Waals surface area contributed by atoms with Gasteiger partial charge in [-0.3, -0.25) is 0 Å². The van der Waals surface area contributed by atoms with Crippen LogP contribution in [0, 0.1) is 12.8 Å². The molecule has 25 heavy (non-hydrogen) atoms. The monoisotopic (exact) mass is 340 g/mol. The Bertz CT molecular complexity index is 726. The highest BCUT2D eigenvalue weighted by Crippen LogP contribution is 2.20. The van der Waals surface area contributed by atoms with Crippen molar-refractivity contribution in [2.45, 2.75) is 26.2 Å². The molecule has 1 fully saturated rings. The van der Waals surface area contributed by atoms with Crippen LogP contribution in [0.2, 0.25) is 0 Å². The van der Waals surface area contributed by atoms with Crippen LogP contribution in [0.3, 0.4) is 0 Å². The lowest BCUT2D eigenvalue weighted by atomic mass is 9.95. The van der Waals surface area contributed by atoms with Crippen molar-refractivity contribution in [3.05, 3.63) is 54.2 Å². The molecule has 0 radical (unpaired) electrons. The fourth-order valence-corrected chi connectivity index (χ4v) is 3.16. The minimum Gasteiger partial charge on any atom is -0.339 e. The van der Waals surface area contributed by atoms with Crippen LogP contribution in [-0.4, -0.2) is 40.7 Å². The molecule has 1 atom stereocenters. The van der Waals surface area contributed by atoms with E-state index in [1.807, 2.05) is 42.2 Å².